The zero-order chi connectivity index (χ0) is 14.6. The molecule has 0 N–H and O–H groups in total. The number of non-ortho nitro benzene ring substituents is 1. The molecule has 0 aliphatic heterocycles. The van der Waals surface area contributed by atoms with Gasteiger partial charge in [0.15, 0.2) is 17.3 Å². The number of carbonyl (C=O) groups excluding carboxylic acids is 1. The lowest BCUT2D eigenvalue weighted by atomic mass is 9.91. The summed E-state index contributed by atoms with van der Waals surface area (Å²) in [4.78, 5) is 21.9. The van der Waals surface area contributed by atoms with Gasteiger partial charge in [0.25, 0.3) is 5.69 Å². The number of rotatable bonds is 5. The highest BCUT2D eigenvalue weighted by Gasteiger charge is 2.22. The van der Waals surface area contributed by atoms with Gasteiger partial charge in [-0.1, -0.05) is 20.8 Å². The molecule has 6 heteroatoms. The van der Waals surface area contributed by atoms with E-state index in [4.69, 9.17) is 9.47 Å². The zero-order valence-electron chi connectivity index (χ0n) is 11.4. The average Bonchev–Trinajstić information content (AvgIpc) is 2.34. The minimum Gasteiger partial charge on any atom is -0.493 e. The lowest BCUT2D eigenvalue weighted by molar-refractivity contribution is -0.385. The normalized spacial score (nSPS) is 10.9. The number of hydrogen-bond donors (Lipinski definition) is 0. The van der Waals surface area contributed by atoms with Crippen LogP contribution in [0.1, 0.15) is 20.8 Å². The van der Waals surface area contributed by atoms with E-state index in [9.17, 15) is 14.9 Å². The molecule has 0 atom stereocenters. The van der Waals surface area contributed by atoms with Gasteiger partial charge in [-0.15, -0.1) is 0 Å². The van der Waals surface area contributed by atoms with Gasteiger partial charge in [-0.05, 0) is 6.07 Å². The molecular weight excluding hydrogens is 250 g/mol. The van der Waals surface area contributed by atoms with Crippen LogP contribution in [0.15, 0.2) is 18.2 Å². The Kier molecular flexibility index (Phi) is 4.47. The number of nitro groups is 1. The summed E-state index contributed by atoms with van der Waals surface area (Å²) in [7, 11) is 1.43. The Morgan fingerprint density at radius 2 is 1.95 bits per heavy atom. The molecule has 0 saturated carbocycles. The van der Waals surface area contributed by atoms with Crippen molar-refractivity contribution < 1.29 is 19.2 Å². The smallest absolute Gasteiger partial charge is 0.273 e. The van der Waals surface area contributed by atoms with E-state index in [1.165, 1.54) is 25.3 Å². The zero-order valence-corrected chi connectivity index (χ0v) is 11.4. The number of nitrogens with zero attached hydrogens (tertiary/aromatic N) is 1. The number of benzene rings is 1. The number of methoxy groups -OCH3 is 1. The summed E-state index contributed by atoms with van der Waals surface area (Å²) in [5.41, 5.74) is -0.632. The summed E-state index contributed by atoms with van der Waals surface area (Å²) >= 11 is 0. The van der Waals surface area contributed by atoms with E-state index in [-0.39, 0.29) is 23.8 Å². The van der Waals surface area contributed by atoms with Gasteiger partial charge in [0, 0.05) is 11.5 Å². The minimum atomic E-state index is -0.530. The quantitative estimate of drug-likeness (QED) is 0.605. The number of Topliss-reactive ketones (excluding diaryl/α,β-unsaturated/α-hetero) is 1. The number of ketones is 1. The lowest BCUT2D eigenvalue weighted by Gasteiger charge is -2.17. The van der Waals surface area contributed by atoms with Gasteiger partial charge in [0.2, 0.25) is 0 Å². The van der Waals surface area contributed by atoms with Crippen molar-refractivity contribution in [3.63, 3.8) is 0 Å². The largest absolute Gasteiger partial charge is 0.493 e. The molecule has 6 nitrogen and oxygen atoms in total. The minimum absolute atomic E-state index is 0.0962. The molecule has 0 unspecified atom stereocenters. The van der Waals surface area contributed by atoms with Crippen LogP contribution in [-0.4, -0.2) is 24.4 Å². The highest BCUT2D eigenvalue weighted by molar-refractivity contribution is 5.85. The summed E-state index contributed by atoms with van der Waals surface area (Å²) in [5.74, 6) is 0.447. The van der Waals surface area contributed by atoms with Crippen LogP contribution >= 0.6 is 0 Å². The Morgan fingerprint density at radius 1 is 1.32 bits per heavy atom. The molecule has 104 valence electrons. The fourth-order valence-corrected chi connectivity index (χ4v) is 1.25. The maximum atomic E-state index is 11.8. The maximum absolute atomic E-state index is 11.8. The van der Waals surface area contributed by atoms with Gasteiger partial charge in [0.05, 0.1) is 18.1 Å². The molecule has 0 aliphatic rings. The molecule has 0 saturated heterocycles. The van der Waals surface area contributed by atoms with E-state index in [0.29, 0.717) is 5.75 Å². The maximum Gasteiger partial charge on any atom is 0.273 e. The number of hydrogen-bond acceptors (Lipinski definition) is 5. The van der Waals surface area contributed by atoms with E-state index in [0.717, 1.165) is 0 Å². The van der Waals surface area contributed by atoms with Gasteiger partial charge in [-0.25, -0.2) is 0 Å². The van der Waals surface area contributed by atoms with Crippen molar-refractivity contribution in [3.8, 4) is 11.5 Å². The first kappa shape index (κ1) is 14.9. The van der Waals surface area contributed by atoms with Crippen LogP contribution in [0.3, 0.4) is 0 Å². The molecule has 0 radical (unpaired) electrons. The van der Waals surface area contributed by atoms with Crippen LogP contribution in [0.4, 0.5) is 5.69 Å². The van der Waals surface area contributed by atoms with Gasteiger partial charge < -0.3 is 9.47 Å². The van der Waals surface area contributed by atoms with E-state index in [1.807, 2.05) is 0 Å². The molecule has 1 rings (SSSR count). The fourth-order valence-electron chi connectivity index (χ4n) is 1.25. The number of carbonyl (C=O) groups is 1. The van der Waals surface area contributed by atoms with Crippen molar-refractivity contribution in [2.24, 2.45) is 5.41 Å². The highest BCUT2D eigenvalue weighted by Crippen LogP contribution is 2.31. The Labute approximate surface area is 111 Å². The third-order valence-corrected chi connectivity index (χ3v) is 2.55. The van der Waals surface area contributed by atoms with Gasteiger partial charge in [0.1, 0.15) is 6.61 Å². The third kappa shape index (κ3) is 3.94. The molecule has 19 heavy (non-hydrogen) atoms. The van der Waals surface area contributed by atoms with Crippen molar-refractivity contribution in [2.45, 2.75) is 20.8 Å². The second-order valence-corrected chi connectivity index (χ2v) is 5.05. The average molecular weight is 267 g/mol. The molecular formula is C13H17NO5. The van der Waals surface area contributed by atoms with Crippen LogP contribution in [0, 0.1) is 15.5 Å². The van der Waals surface area contributed by atoms with Crippen molar-refractivity contribution in [2.75, 3.05) is 13.7 Å². The van der Waals surface area contributed by atoms with Crippen molar-refractivity contribution in [3.05, 3.63) is 28.3 Å². The topological polar surface area (TPSA) is 78.7 Å². The van der Waals surface area contributed by atoms with E-state index < -0.39 is 10.3 Å². The van der Waals surface area contributed by atoms with Crippen LogP contribution in [0.2, 0.25) is 0 Å². The van der Waals surface area contributed by atoms with Crippen molar-refractivity contribution in [1.29, 1.82) is 0 Å². The first-order chi connectivity index (χ1) is 8.75. The van der Waals surface area contributed by atoms with E-state index >= 15 is 0 Å². The molecule has 0 aliphatic carbocycles. The molecule has 0 amide bonds. The third-order valence-electron chi connectivity index (χ3n) is 2.55. The van der Waals surface area contributed by atoms with Gasteiger partial charge >= 0.3 is 0 Å². The fraction of sp³-hybridized carbons (Fsp3) is 0.462. The monoisotopic (exact) mass is 267 g/mol. The molecule has 0 heterocycles. The summed E-state index contributed by atoms with van der Waals surface area (Å²) in [6.07, 6.45) is 0. The molecule has 0 spiro atoms. The summed E-state index contributed by atoms with van der Waals surface area (Å²) in [5, 5.41) is 10.7. The van der Waals surface area contributed by atoms with Crippen molar-refractivity contribution >= 4 is 11.5 Å². The Balaban J connectivity index is 2.90. The lowest BCUT2D eigenvalue weighted by Crippen LogP contribution is -2.26. The first-order valence-electron chi connectivity index (χ1n) is 5.74. The Bertz CT molecular complexity index is 490. The molecule has 1 aromatic carbocycles. The summed E-state index contributed by atoms with van der Waals surface area (Å²) in [6.45, 7) is 5.19. The highest BCUT2D eigenvalue weighted by atomic mass is 16.6. The second-order valence-electron chi connectivity index (χ2n) is 5.05. The van der Waals surface area contributed by atoms with Crippen LogP contribution in [0.25, 0.3) is 0 Å². The standard InChI is InChI=1S/C13H17NO5/c1-13(2,3)12(15)8-19-11-7-9(14(16)17)5-6-10(11)18-4/h5-7H,8H2,1-4H3. The van der Waals surface area contributed by atoms with E-state index in [1.54, 1.807) is 20.8 Å². The molecule has 0 aromatic heterocycles. The van der Waals surface area contributed by atoms with Crippen molar-refractivity contribution in [1.82, 2.24) is 0 Å². The van der Waals surface area contributed by atoms with Crippen LogP contribution < -0.4 is 9.47 Å². The van der Waals surface area contributed by atoms with E-state index in [2.05, 4.69) is 0 Å². The van der Waals surface area contributed by atoms with Gasteiger partial charge in [-0.3, -0.25) is 14.9 Å². The summed E-state index contributed by atoms with van der Waals surface area (Å²) < 4.78 is 10.4. The number of nitro benzene ring substituents is 1. The van der Waals surface area contributed by atoms with Crippen LogP contribution in [0.5, 0.6) is 11.5 Å². The molecule has 1 aromatic rings. The predicted molar refractivity (Wildman–Crippen MR) is 69.6 cm³/mol. The Morgan fingerprint density at radius 3 is 2.42 bits per heavy atom. The number of ether oxygens (including phenoxy) is 2. The summed E-state index contributed by atoms with van der Waals surface area (Å²) in [6, 6.07) is 4.00. The molecule has 0 bridgehead atoms. The van der Waals surface area contributed by atoms with Gasteiger partial charge in [-0.2, -0.15) is 0 Å². The van der Waals surface area contributed by atoms with Crippen LogP contribution in [-0.2, 0) is 4.79 Å². The molecule has 0 fully saturated rings. The predicted octanol–water partition coefficient (Wildman–Crippen LogP) is 2.60. The Hall–Kier alpha value is -2.11. The SMILES string of the molecule is COc1ccc([N+](=O)[O-])cc1OCC(=O)C(C)(C)C. The second kappa shape index (κ2) is 5.69. The first-order valence-corrected chi connectivity index (χ1v) is 5.74.